The molecule has 2 rings (SSSR count). The van der Waals surface area contributed by atoms with Gasteiger partial charge >= 0.3 is 5.69 Å². The van der Waals surface area contributed by atoms with Crippen LogP contribution in [0.15, 0.2) is 18.2 Å². The molecule has 1 fully saturated rings. The lowest BCUT2D eigenvalue weighted by atomic mass is 10.2. The molecule has 0 radical (unpaired) electrons. The fraction of sp³-hybridized carbons (Fsp3) is 0.400. The fourth-order valence-corrected chi connectivity index (χ4v) is 3.25. The van der Waals surface area contributed by atoms with Crippen LogP contribution in [0.25, 0.3) is 0 Å². The maximum absolute atomic E-state index is 11.4. The Morgan fingerprint density at radius 3 is 2.47 bits per heavy atom. The number of nitrogens with one attached hydrogen (secondary N) is 1. The van der Waals surface area contributed by atoms with E-state index < -0.39 is 14.8 Å². The molecule has 1 aliphatic heterocycles. The van der Waals surface area contributed by atoms with Crippen LogP contribution in [0.5, 0.6) is 0 Å². The Balaban J connectivity index is 2.38. The Kier molecular flexibility index (Phi) is 3.58. The third-order valence-electron chi connectivity index (χ3n) is 3.04. The van der Waals surface area contributed by atoms with Gasteiger partial charge in [-0.15, -0.1) is 0 Å². The molecule has 0 saturated carbocycles. The van der Waals surface area contributed by atoms with E-state index in [4.69, 9.17) is 5.84 Å². The number of hydrogen-bond donors (Lipinski definition) is 2. The monoisotopic (exact) mass is 286 g/mol. The van der Waals surface area contributed by atoms with Crippen LogP contribution in [-0.2, 0) is 9.84 Å². The van der Waals surface area contributed by atoms with Gasteiger partial charge in [0, 0.05) is 13.1 Å². The molecule has 0 amide bonds. The molecule has 0 bridgehead atoms. The molecule has 9 heteroatoms. The summed E-state index contributed by atoms with van der Waals surface area (Å²) in [5, 5.41) is 11.1. The lowest BCUT2D eigenvalue weighted by Gasteiger charge is -2.28. The quantitative estimate of drug-likeness (QED) is 0.460. The Labute approximate surface area is 110 Å². The van der Waals surface area contributed by atoms with Crippen LogP contribution < -0.4 is 16.2 Å². The minimum absolute atomic E-state index is 0.00440. The molecular weight excluding hydrogens is 272 g/mol. The van der Waals surface area contributed by atoms with Gasteiger partial charge in [0.05, 0.1) is 16.4 Å². The van der Waals surface area contributed by atoms with Crippen molar-refractivity contribution in [3.63, 3.8) is 0 Å². The molecule has 1 heterocycles. The highest BCUT2D eigenvalue weighted by molar-refractivity contribution is 7.91. The van der Waals surface area contributed by atoms with E-state index in [2.05, 4.69) is 5.43 Å². The van der Waals surface area contributed by atoms with E-state index in [1.807, 2.05) is 0 Å². The average Bonchev–Trinajstić information content (AvgIpc) is 2.37. The lowest BCUT2D eigenvalue weighted by molar-refractivity contribution is -0.383. The first-order valence-corrected chi connectivity index (χ1v) is 7.46. The van der Waals surface area contributed by atoms with Crippen molar-refractivity contribution in [3.05, 3.63) is 28.3 Å². The van der Waals surface area contributed by atoms with E-state index in [0.29, 0.717) is 5.69 Å². The number of nitrogens with two attached hydrogens (primary N) is 1. The number of para-hydroxylation sites is 1. The summed E-state index contributed by atoms with van der Waals surface area (Å²) in [5.74, 6) is 5.27. The Hall–Kier alpha value is -1.87. The summed E-state index contributed by atoms with van der Waals surface area (Å²) in [4.78, 5) is 12.3. The summed E-state index contributed by atoms with van der Waals surface area (Å²) in [5.41, 5.74) is 2.74. The zero-order chi connectivity index (χ0) is 14.0. The molecule has 0 spiro atoms. The van der Waals surface area contributed by atoms with Gasteiger partial charge in [0.2, 0.25) is 0 Å². The first kappa shape index (κ1) is 13.6. The van der Waals surface area contributed by atoms with Crippen molar-refractivity contribution in [2.24, 2.45) is 5.84 Å². The minimum atomic E-state index is -3.02. The predicted octanol–water partition coefficient (Wildman–Crippen LogP) is 0.115. The predicted molar refractivity (Wildman–Crippen MR) is 71.8 cm³/mol. The number of benzene rings is 1. The molecule has 19 heavy (non-hydrogen) atoms. The molecule has 3 N–H and O–H groups in total. The van der Waals surface area contributed by atoms with Crippen molar-refractivity contribution in [2.45, 2.75) is 0 Å². The van der Waals surface area contributed by atoms with E-state index in [0.717, 1.165) is 0 Å². The van der Waals surface area contributed by atoms with Gasteiger partial charge in [-0.3, -0.25) is 16.0 Å². The van der Waals surface area contributed by atoms with Gasteiger partial charge in [-0.05, 0) is 12.1 Å². The van der Waals surface area contributed by atoms with Crippen LogP contribution in [0.1, 0.15) is 0 Å². The summed E-state index contributed by atoms with van der Waals surface area (Å²) < 4.78 is 22.8. The van der Waals surface area contributed by atoms with Crippen LogP contribution in [0, 0.1) is 10.1 Å². The van der Waals surface area contributed by atoms with Gasteiger partial charge in [0.25, 0.3) is 0 Å². The average molecular weight is 286 g/mol. The number of hydrogen-bond acceptors (Lipinski definition) is 7. The Bertz CT molecular complexity index is 588. The maximum atomic E-state index is 11.4. The number of nitro benzene ring substituents is 1. The van der Waals surface area contributed by atoms with Gasteiger partial charge in [-0.25, -0.2) is 8.42 Å². The van der Waals surface area contributed by atoms with Gasteiger partial charge in [-0.2, -0.15) is 0 Å². The van der Waals surface area contributed by atoms with Gasteiger partial charge in [-0.1, -0.05) is 6.07 Å². The number of anilines is 2. The number of rotatable bonds is 3. The molecule has 1 aliphatic rings. The topological polar surface area (TPSA) is 119 Å². The van der Waals surface area contributed by atoms with Crippen molar-refractivity contribution >= 4 is 26.9 Å². The maximum Gasteiger partial charge on any atom is 0.316 e. The standard InChI is InChI=1S/C10H14N4O4S/c11-12-8-2-1-3-9(10(8)14(15)16)13-4-6-19(17,18)7-5-13/h1-3,12H,4-7,11H2. The van der Waals surface area contributed by atoms with E-state index in [9.17, 15) is 18.5 Å². The van der Waals surface area contributed by atoms with Crippen LogP contribution in [0.2, 0.25) is 0 Å². The Morgan fingerprint density at radius 1 is 1.32 bits per heavy atom. The number of hydrazine groups is 1. The van der Waals surface area contributed by atoms with Gasteiger partial charge in [0.15, 0.2) is 9.84 Å². The SMILES string of the molecule is NNc1cccc(N2CCS(=O)(=O)CC2)c1[N+](=O)[O-]. The molecule has 1 aromatic rings. The highest BCUT2D eigenvalue weighted by Gasteiger charge is 2.28. The highest BCUT2D eigenvalue weighted by atomic mass is 32.2. The number of nitro groups is 1. The second kappa shape index (κ2) is 5.02. The third-order valence-corrected chi connectivity index (χ3v) is 4.65. The Morgan fingerprint density at radius 2 is 1.95 bits per heavy atom. The van der Waals surface area contributed by atoms with Crippen molar-refractivity contribution in [1.29, 1.82) is 0 Å². The molecule has 104 valence electrons. The molecule has 8 nitrogen and oxygen atoms in total. The summed E-state index contributed by atoms with van der Waals surface area (Å²) >= 11 is 0. The summed E-state index contributed by atoms with van der Waals surface area (Å²) in [7, 11) is -3.02. The third kappa shape index (κ3) is 2.76. The molecule has 0 unspecified atom stereocenters. The van der Waals surface area contributed by atoms with Crippen LogP contribution >= 0.6 is 0 Å². The van der Waals surface area contributed by atoms with E-state index in [1.165, 1.54) is 6.07 Å². The van der Waals surface area contributed by atoms with E-state index >= 15 is 0 Å². The van der Waals surface area contributed by atoms with Gasteiger partial charge in [0.1, 0.15) is 11.4 Å². The van der Waals surface area contributed by atoms with Crippen LogP contribution in [0.3, 0.4) is 0 Å². The summed E-state index contributed by atoms with van der Waals surface area (Å²) in [6, 6.07) is 4.74. The summed E-state index contributed by atoms with van der Waals surface area (Å²) in [6.07, 6.45) is 0. The number of nitrogens with zero attached hydrogens (tertiary/aromatic N) is 2. The minimum Gasteiger partial charge on any atom is -0.364 e. The first-order valence-electron chi connectivity index (χ1n) is 5.64. The normalized spacial score (nSPS) is 18.1. The summed E-state index contributed by atoms with van der Waals surface area (Å²) in [6.45, 7) is 0.494. The number of sulfone groups is 1. The van der Waals surface area contributed by atoms with Crippen LogP contribution in [-0.4, -0.2) is 37.9 Å². The molecule has 0 atom stereocenters. The van der Waals surface area contributed by atoms with Crippen LogP contribution in [0.4, 0.5) is 17.1 Å². The molecule has 0 aliphatic carbocycles. The highest BCUT2D eigenvalue weighted by Crippen LogP contribution is 2.35. The number of nitrogen functional groups attached to an aromatic ring is 1. The van der Waals surface area contributed by atoms with Crippen molar-refractivity contribution in [1.82, 2.24) is 0 Å². The smallest absolute Gasteiger partial charge is 0.316 e. The van der Waals surface area contributed by atoms with Crippen molar-refractivity contribution in [3.8, 4) is 0 Å². The molecule has 1 saturated heterocycles. The molecular formula is C10H14N4O4S. The zero-order valence-corrected chi connectivity index (χ0v) is 10.9. The zero-order valence-electron chi connectivity index (χ0n) is 10.1. The van der Waals surface area contributed by atoms with E-state index in [1.54, 1.807) is 17.0 Å². The van der Waals surface area contributed by atoms with E-state index in [-0.39, 0.29) is 36.0 Å². The molecule has 1 aromatic carbocycles. The molecule has 0 aromatic heterocycles. The van der Waals surface area contributed by atoms with Crippen molar-refractivity contribution < 1.29 is 13.3 Å². The lowest BCUT2D eigenvalue weighted by Crippen LogP contribution is -2.40. The largest absolute Gasteiger partial charge is 0.364 e. The van der Waals surface area contributed by atoms with Gasteiger partial charge < -0.3 is 10.3 Å². The van der Waals surface area contributed by atoms with Crippen molar-refractivity contribution in [2.75, 3.05) is 34.9 Å². The second-order valence-electron chi connectivity index (χ2n) is 4.21. The second-order valence-corrected chi connectivity index (χ2v) is 6.52. The first-order chi connectivity index (χ1) is 8.94. The fourth-order valence-electron chi connectivity index (χ4n) is 2.05.